The summed E-state index contributed by atoms with van der Waals surface area (Å²) < 4.78 is 22.7. The van der Waals surface area contributed by atoms with Gasteiger partial charge in [0.15, 0.2) is 6.10 Å². The SMILES string of the molecule is CCCCC/C=C\C/C=C\CCCCCCCC(=O)OCC(COC(=O)CCCCCCC/C=C\C/C=C\CCCCC)OC(=O)CCC(CCCCC(C)C)OC(=O)NCCN1CCCC1. The quantitative estimate of drug-likeness (QED) is 0.0275. The molecule has 0 aromatic heterocycles. The number of allylic oxidation sites excluding steroid dienone is 8. The summed E-state index contributed by atoms with van der Waals surface area (Å²) in [6.45, 7) is 11.9. The molecule has 1 atom stereocenters. The Morgan fingerprint density at radius 3 is 1.45 bits per heavy atom. The number of hydrogen-bond acceptors (Lipinski definition) is 9. The molecule has 1 heterocycles. The van der Waals surface area contributed by atoms with E-state index in [2.05, 4.69) is 86.5 Å². The second-order valence-electron chi connectivity index (χ2n) is 19.2. The molecule has 0 aromatic rings. The van der Waals surface area contributed by atoms with Gasteiger partial charge in [-0.05, 0) is 128 Å². The second kappa shape index (κ2) is 46.3. The highest BCUT2D eigenvalue weighted by Gasteiger charge is 2.22. The number of rotatable bonds is 45. The number of amides is 1. The highest BCUT2D eigenvalue weighted by Crippen LogP contribution is 2.17. The zero-order valence-electron chi connectivity index (χ0n) is 43.4. The molecular weight excluding hydrogens is 841 g/mol. The normalized spacial score (nSPS) is 13.8. The van der Waals surface area contributed by atoms with Gasteiger partial charge in [0.1, 0.15) is 19.3 Å². The topological polar surface area (TPSA) is 120 Å². The maximum atomic E-state index is 13.2. The van der Waals surface area contributed by atoms with Crippen LogP contribution in [-0.4, -0.2) is 80.5 Å². The van der Waals surface area contributed by atoms with Crippen molar-refractivity contribution >= 4 is 24.0 Å². The number of esters is 3. The molecule has 1 unspecified atom stereocenters. The molecule has 386 valence electrons. The van der Waals surface area contributed by atoms with Crippen LogP contribution >= 0.6 is 0 Å². The lowest BCUT2D eigenvalue weighted by Crippen LogP contribution is -2.36. The zero-order chi connectivity index (χ0) is 48.7. The van der Waals surface area contributed by atoms with Crippen molar-refractivity contribution in [1.29, 1.82) is 0 Å². The largest absolute Gasteiger partial charge is 0.462 e. The molecule has 1 aliphatic heterocycles. The van der Waals surface area contributed by atoms with Crippen molar-refractivity contribution in [2.75, 3.05) is 39.4 Å². The summed E-state index contributed by atoms with van der Waals surface area (Å²) in [6.07, 6.45) is 47.4. The minimum Gasteiger partial charge on any atom is -0.462 e. The summed E-state index contributed by atoms with van der Waals surface area (Å²) in [4.78, 5) is 53.9. The first-order chi connectivity index (χ1) is 32.7. The molecule has 0 saturated carbocycles. The molecule has 0 spiro atoms. The van der Waals surface area contributed by atoms with Crippen molar-refractivity contribution in [3.63, 3.8) is 0 Å². The number of ether oxygens (including phenoxy) is 4. The Hall–Kier alpha value is -3.40. The fraction of sp³-hybridized carbons (Fsp3) is 0.789. The van der Waals surface area contributed by atoms with E-state index < -0.39 is 24.3 Å². The van der Waals surface area contributed by atoms with Crippen molar-refractivity contribution in [1.82, 2.24) is 10.2 Å². The van der Waals surface area contributed by atoms with E-state index in [1.54, 1.807) is 0 Å². The van der Waals surface area contributed by atoms with Crippen molar-refractivity contribution in [2.45, 2.75) is 245 Å². The third kappa shape index (κ3) is 42.4. The van der Waals surface area contributed by atoms with Gasteiger partial charge in [-0.1, -0.05) is 153 Å². The summed E-state index contributed by atoms with van der Waals surface area (Å²) in [5, 5.41) is 2.88. The molecule has 67 heavy (non-hydrogen) atoms. The Morgan fingerprint density at radius 2 is 0.955 bits per heavy atom. The second-order valence-corrected chi connectivity index (χ2v) is 19.2. The van der Waals surface area contributed by atoms with Gasteiger partial charge in [-0.25, -0.2) is 4.79 Å². The molecule has 1 fully saturated rings. The molecule has 1 amide bonds. The van der Waals surface area contributed by atoms with Crippen LogP contribution in [0.25, 0.3) is 0 Å². The highest BCUT2D eigenvalue weighted by molar-refractivity contribution is 5.71. The molecule has 0 aliphatic carbocycles. The summed E-state index contributed by atoms with van der Waals surface area (Å²) >= 11 is 0. The molecule has 1 N–H and O–H groups in total. The molecule has 1 saturated heterocycles. The number of hydrogen-bond donors (Lipinski definition) is 1. The van der Waals surface area contributed by atoms with E-state index in [0.29, 0.717) is 25.3 Å². The molecule has 1 aliphatic rings. The van der Waals surface area contributed by atoms with Crippen LogP contribution in [0.1, 0.15) is 233 Å². The smallest absolute Gasteiger partial charge is 0.407 e. The van der Waals surface area contributed by atoms with Gasteiger partial charge in [0, 0.05) is 32.4 Å². The van der Waals surface area contributed by atoms with Crippen LogP contribution in [0.4, 0.5) is 4.79 Å². The summed E-state index contributed by atoms with van der Waals surface area (Å²) in [5.74, 6) is -0.628. The van der Waals surface area contributed by atoms with E-state index in [1.807, 2.05) is 0 Å². The standard InChI is InChI=1S/C57H100N2O8/c1-5-7-9-11-13-15-17-19-21-23-25-27-29-31-33-41-54(60)64-49-53(50-65-55(61)42-34-32-30-28-26-24-22-20-18-16-14-12-10-8-6-2)66-56(62)44-43-52(40-36-35-39-51(3)4)67-57(63)58-45-48-59-46-37-38-47-59/h13-16,19-22,51-53H,5-12,17-18,23-50H2,1-4H3,(H,58,63)/b15-13-,16-14-,21-19-,22-20-. The van der Waals surface area contributed by atoms with Crippen LogP contribution in [0, 0.1) is 5.92 Å². The van der Waals surface area contributed by atoms with E-state index in [1.165, 1.54) is 64.2 Å². The van der Waals surface area contributed by atoms with Gasteiger partial charge in [-0.15, -0.1) is 0 Å². The van der Waals surface area contributed by atoms with Gasteiger partial charge < -0.3 is 29.2 Å². The van der Waals surface area contributed by atoms with Crippen molar-refractivity contribution < 1.29 is 38.1 Å². The van der Waals surface area contributed by atoms with Crippen molar-refractivity contribution in [2.24, 2.45) is 5.92 Å². The highest BCUT2D eigenvalue weighted by atomic mass is 16.6. The van der Waals surface area contributed by atoms with Crippen LogP contribution in [0.3, 0.4) is 0 Å². The number of likely N-dealkylation sites (tertiary alicyclic amines) is 1. The van der Waals surface area contributed by atoms with Crippen molar-refractivity contribution in [3.05, 3.63) is 48.6 Å². The van der Waals surface area contributed by atoms with E-state index in [-0.39, 0.29) is 44.4 Å². The molecule has 0 bridgehead atoms. The Kier molecular flexibility index (Phi) is 42.6. The van der Waals surface area contributed by atoms with Gasteiger partial charge in [0.2, 0.25) is 0 Å². The van der Waals surface area contributed by atoms with Crippen LogP contribution in [-0.2, 0) is 33.3 Å². The number of carbonyl (C=O) groups is 4. The Balaban J connectivity index is 2.57. The molecule has 10 nitrogen and oxygen atoms in total. The predicted octanol–water partition coefficient (Wildman–Crippen LogP) is 14.8. The molecule has 10 heteroatoms. The number of nitrogens with zero attached hydrogens (tertiary/aromatic N) is 1. The minimum absolute atomic E-state index is 0.0201. The van der Waals surface area contributed by atoms with Gasteiger partial charge in [0.05, 0.1) is 0 Å². The van der Waals surface area contributed by atoms with Gasteiger partial charge in [-0.2, -0.15) is 0 Å². The van der Waals surface area contributed by atoms with Crippen LogP contribution in [0.15, 0.2) is 48.6 Å². The summed E-state index contributed by atoms with van der Waals surface area (Å²) in [6, 6.07) is 0. The third-order valence-corrected chi connectivity index (χ3v) is 12.2. The first kappa shape index (κ1) is 61.6. The van der Waals surface area contributed by atoms with Crippen LogP contribution < -0.4 is 5.32 Å². The van der Waals surface area contributed by atoms with Crippen LogP contribution in [0.5, 0.6) is 0 Å². The van der Waals surface area contributed by atoms with Gasteiger partial charge in [-0.3, -0.25) is 14.4 Å². The molecule has 0 radical (unpaired) electrons. The van der Waals surface area contributed by atoms with Crippen molar-refractivity contribution in [3.8, 4) is 0 Å². The monoisotopic (exact) mass is 941 g/mol. The predicted molar refractivity (Wildman–Crippen MR) is 277 cm³/mol. The maximum absolute atomic E-state index is 13.2. The maximum Gasteiger partial charge on any atom is 0.407 e. The number of alkyl carbamates (subject to hydrolysis) is 1. The first-order valence-electron chi connectivity index (χ1n) is 27.5. The average Bonchev–Trinajstić information content (AvgIpc) is 3.84. The fourth-order valence-electron chi connectivity index (χ4n) is 8.02. The number of unbranched alkanes of at least 4 members (excludes halogenated alkanes) is 17. The number of carbonyl (C=O) groups excluding carboxylic acids is 4. The molecule has 1 rings (SSSR count). The lowest BCUT2D eigenvalue weighted by atomic mass is 10.0. The first-order valence-corrected chi connectivity index (χ1v) is 27.5. The third-order valence-electron chi connectivity index (χ3n) is 12.2. The van der Waals surface area contributed by atoms with Crippen LogP contribution in [0.2, 0.25) is 0 Å². The van der Waals surface area contributed by atoms with E-state index >= 15 is 0 Å². The zero-order valence-corrected chi connectivity index (χ0v) is 43.4. The Labute approximate surface area is 410 Å². The van der Waals surface area contributed by atoms with E-state index in [0.717, 1.165) is 129 Å². The molecular formula is C57H100N2O8. The Morgan fingerprint density at radius 1 is 0.493 bits per heavy atom. The average molecular weight is 941 g/mol. The Bertz CT molecular complexity index is 1260. The van der Waals surface area contributed by atoms with Gasteiger partial charge in [0.25, 0.3) is 0 Å². The lowest BCUT2D eigenvalue weighted by Gasteiger charge is -2.21. The number of nitrogens with one attached hydrogen (secondary N) is 1. The fourth-order valence-corrected chi connectivity index (χ4v) is 8.02. The summed E-state index contributed by atoms with van der Waals surface area (Å²) in [5.41, 5.74) is 0. The van der Waals surface area contributed by atoms with E-state index in [9.17, 15) is 19.2 Å². The summed E-state index contributed by atoms with van der Waals surface area (Å²) in [7, 11) is 0. The minimum atomic E-state index is -0.922. The lowest BCUT2D eigenvalue weighted by molar-refractivity contribution is -0.167. The van der Waals surface area contributed by atoms with E-state index in [4.69, 9.17) is 18.9 Å². The molecule has 0 aromatic carbocycles. The van der Waals surface area contributed by atoms with Gasteiger partial charge >= 0.3 is 24.0 Å².